The highest BCUT2D eigenvalue weighted by Crippen LogP contribution is 2.31. The van der Waals surface area contributed by atoms with Crippen molar-refractivity contribution >= 4 is 29.0 Å². The van der Waals surface area contributed by atoms with E-state index < -0.39 is 17.9 Å². The second-order valence-corrected chi connectivity index (χ2v) is 8.24. The number of amides is 1. The van der Waals surface area contributed by atoms with E-state index in [1.807, 2.05) is 84.2 Å². The summed E-state index contributed by atoms with van der Waals surface area (Å²) in [6.45, 7) is 2.00. The van der Waals surface area contributed by atoms with E-state index >= 15 is 0 Å². The van der Waals surface area contributed by atoms with E-state index in [-0.39, 0.29) is 0 Å². The maximum atomic E-state index is 12.9. The van der Waals surface area contributed by atoms with Crippen molar-refractivity contribution in [3.05, 3.63) is 84.1 Å². The molecule has 2 aromatic heterocycles. The van der Waals surface area contributed by atoms with Crippen LogP contribution in [0.3, 0.4) is 0 Å². The molecule has 8 heteroatoms. The minimum Gasteiger partial charge on any atom is -0.480 e. The van der Waals surface area contributed by atoms with Crippen LogP contribution in [0.15, 0.2) is 72.9 Å². The van der Waals surface area contributed by atoms with Gasteiger partial charge in [0.05, 0.1) is 5.56 Å². The van der Waals surface area contributed by atoms with E-state index in [0.29, 0.717) is 23.4 Å². The van der Waals surface area contributed by atoms with E-state index in [1.54, 1.807) is 12.1 Å². The Morgan fingerprint density at radius 3 is 2.38 bits per heavy atom. The lowest BCUT2D eigenvalue weighted by atomic mass is 10.1. The smallest absolute Gasteiger partial charge is 0.325 e. The Balaban J connectivity index is 1.79. The predicted molar refractivity (Wildman–Crippen MR) is 133 cm³/mol. The van der Waals surface area contributed by atoms with Gasteiger partial charge in [0.2, 0.25) is 0 Å². The first-order valence-corrected chi connectivity index (χ1v) is 11.0. The normalized spacial score (nSPS) is 11.7. The zero-order valence-electron chi connectivity index (χ0n) is 19.3. The maximum absolute atomic E-state index is 12.9. The van der Waals surface area contributed by atoms with Crippen molar-refractivity contribution in [1.82, 2.24) is 14.7 Å². The molecule has 2 aromatic carbocycles. The zero-order chi connectivity index (χ0) is 24.2. The van der Waals surface area contributed by atoms with Gasteiger partial charge in [0.15, 0.2) is 5.65 Å². The minimum atomic E-state index is -1.10. The van der Waals surface area contributed by atoms with E-state index in [9.17, 15) is 14.7 Å². The van der Waals surface area contributed by atoms with Gasteiger partial charge in [-0.15, -0.1) is 0 Å². The van der Waals surface area contributed by atoms with Crippen LogP contribution in [0.5, 0.6) is 0 Å². The molecule has 1 unspecified atom stereocenters. The van der Waals surface area contributed by atoms with Crippen LogP contribution < -0.4 is 15.5 Å². The first-order valence-electron chi connectivity index (χ1n) is 11.0. The fourth-order valence-electron chi connectivity index (χ4n) is 3.65. The number of benzene rings is 2. The Bertz CT molecular complexity index is 1310. The van der Waals surface area contributed by atoms with Crippen LogP contribution in [0.2, 0.25) is 0 Å². The number of imidazole rings is 1. The van der Waals surface area contributed by atoms with Crippen LogP contribution >= 0.6 is 0 Å². The molecule has 8 nitrogen and oxygen atoms in total. The average Bonchev–Trinajstić information content (AvgIpc) is 3.21. The second-order valence-electron chi connectivity index (χ2n) is 8.24. The van der Waals surface area contributed by atoms with Gasteiger partial charge in [0.1, 0.15) is 17.6 Å². The van der Waals surface area contributed by atoms with Gasteiger partial charge in [0.25, 0.3) is 5.91 Å². The molecule has 0 radical (unpaired) electrons. The van der Waals surface area contributed by atoms with Crippen molar-refractivity contribution < 1.29 is 14.7 Å². The third-order valence-corrected chi connectivity index (χ3v) is 5.57. The first kappa shape index (κ1) is 22.8. The molecular formula is C26H27N5O3. The summed E-state index contributed by atoms with van der Waals surface area (Å²) < 4.78 is 1.83. The van der Waals surface area contributed by atoms with Gasteiger partial charge >= 0.3 is 5.97 Å². The number of hydrogen-bond donors (Lipinski definition) is 3. The SMILES string of the molecule is CC(NC(=O)c1cccn2c(NCc3ccccc3)c(-c3ccc(N(C)C)cc3)nc12)C(=O)O. The molecule has 1 atom stereocenters. The summed E-state index contributed by atoms with van der Waals surface area (Å²) in [7, 11) is 3.96. The van der Waals surface area contributed by atoms with E-state index in [0.717, 1.165) is 22.6 Å². The number of rotatable bonds is 8. The summed E-state index contributed by atoms with van der Waals surface area (Å²) in [5, 5.41) is 15.2. The van der Waals surface area contributed by atoms with Gasteiger partial charge in [0, 0.05) is 38.1 Å². The van der Waals surface area contributed by atoms with Gasteiger partial charge in [-0.1, -0.05) is 42.5 Å². The molecule has 4 rings (SSSR count). The van der Waals surface area contributed by atoms with E-state index in [4.69, 9.17) is 4.98 Å². The molecule has 3 N–H and O–H groups in total. The third kappa shape index (κ3) is 4.71. The predicted octanol–water partition coefficient (Wildman–Crippen LogP) is 3.88. The number of carbonyl (C=O) groups is 2. The summed E-state index contributed by atoms with van der Waals surface area (Å²) in [4.78, 5) is 30.9. The molecule has 1 amide bonds. The average molecular weight is 458 g/mol. The Labute approximate surface area is 197 Å². The maximum Gasteiger partial charge on any atom is 0.325 e. The molecule has 4 aromatic rings. The van der Waals surface area contributed by atoms with Crippen molar-refractivity contribution in [2.75, 3.05) is 24.3 Å². The molecule has 0 bridgehead atoms. The molecule has 0 aliphatic rings. The molecule has 174 valence electrons. The lowest BCUT2D eigenvalue weighted by Crippen LogP contribution is -2.38. The van der Waals surface area contributed by atoms with Crippen molar-refractivity contribution in [2.24, 2.45) is 0 Å². The van der Waals surface area contributed by atoms with Crippen LogP contribution in [0.4, 0.5) is 11.5 Å². The number of hydrogen-bond acceptors (Lipinski definition) is 5. The highest BCUT2D eigenvalue weighted by molar-refractivity contribution is 6.02. The van der Waals surface area contributed by atoms with E-state index in [2.05, 4.69) is 10.6 Å². The summed E-state index contributed by atoms with van der Waals surface area (Å²) >= 11 is 0. The van der Waals surface area contributed by atoms with Gasteiger partial charge in [-0.2, -0.15) is 0 Å². The van der Waals surface area contributed by atoms with Gasteiger partial charge in [-0.05, 0) is 36.8 Å². The molecule has 0 spiro atoms. The topological polar surface area (TPSA) is 99.0 Å². The van der Waals surface area contributed by atoms with Crippen LogP contribution in [0, 0.1) is 0 Å². The number of nitrogens with zero attached hydrogens (tertiary/aromatic N) is 3. The lowest BCUT2D eigenvalue weighted by Gasteiger charge is -2.13. The number of nitrogens with one attached hydrogen (secondary N) is 2. The number of carbonyl (C=O) groups excluding carboxylic acids is 1. The summed E-state index contributed by atoms with van der Waals surface area (Å²) in [6.07, 6.45) is 1.84. The Morgan fingerprint density at radius 2 is 1.74 bits per heavy atom. The Kier molecular flexibility index (Phi) is 6.49. The summed E-state index contributed by atoms with van der Waals surface area (Å²) in [5.74, 6) is -0.845. The number of carboxylic acid groups (broad SMARTS) is 1. The van der Waals surface area contributed by atoms with Crippen LogP contribution in [0.25, 0.3) is 16.9 Å². The molecule has 0 fully saturated rings. The standard InChI is InChI=1S/C26H27N5O3/c1-17(26(33)34)28-25(32)21-10-7-15-31-23(21)29-22(19-11-13-20(14-12-19)30(2)3)24(31)27-16-18-8-5-4-6-9-18/h4-15,17,27H,16H2,1-3H3,(H,28,32)(H,33,34). The van der Waals surface area contributed by atoms with E-state index in [1.165, 1.54) is 6.92 Å². The fourth-order valence-corrected chi connectivity index (χ4v) is 3.65. The second kappa shape index (κ2) is 9.66. The number of aliphatic carboxylic acids is 1. The number of anilines is 2. The Morgan fingerprint density at radius 1 is 1.03 bits per heavy atom. The molecule has 0 aliphatic carbocycles. The minimum absolute atomic E-state index is 0.300. The monoisotopic (exact) mass is 457 g/mol. The lowest BCUT2D eigenvalue weighted by molar-refractivity contribution is -0.138. The van der Waals surface area contributed by atoms with Gasteiger partial charge < -0.3 is 20.6 Å². The third-order valence-electron chi connectivity index (χ3n) is 5.57. The number of aromatic nitrogens is 2. The summed E-state index contributed by atoms with van der Waals surface area (Å²) in [6, 6.07) is 20.4. The largest absolute Gasteiger partial charge is 0.480 e. The van der Waals surface area contributed by atoms with Gasteiger partial charge in [-0.3, -0.25) is 14.0 Å². The number of carboxylic acids is 1. The van der Waals surface area contributed by atoms with Crippen molar-refractivity contribution in [2.45, 2.75) is 19.5 Å². The van der Waals surface area contributed by atoms with Gasteiger partial charge in [-0.25, -0.2) is 4.98 Å². The number of fused-ring (bicyclic) bond motifs is 1. The zero-order valence-corrected chi connectivity index (χ0v) is 19.3. The van der Waals surface area contributed by atoms with Crippen molar-refractivity contribution in [1.29, 1.82) is 0 Å². The quantitative estimate of drug-likeness (QED) is 0.371. The fraction of sp³-hybridized carbons (Fsp3) is 0.192. The Hall–Kier alpha value is -4.33. The first-order chi connectivity index (χ1) is 16.3. The van der Waals surface area contributed by atoms with Crippen molar-refractivity contribution in [3.63, 3.8) is 0 Å². The molecule has 0 saturated carbocycles. The molecule has 2 heterocycles. The molecule has 34 heavy (non-hydrogen) atoms. The van der Waals surface area contributed by atoms with Crippen LogP contribution in [-0.4, -0.2) is 46.5 Å². The number of pyridine rings is 1. The van der Waals surface area contributed by atoms with Crippen molar-refractivity contribution in [3.8, 4) is 11.3 Å². The molecule has 0 aliphatic heterocycles. The highest BCUT2D eigenvalue weighted by Gasteiger charge is 2.22. The van der Waals surface area contributed by atoms with Crippen LogP contribution in [-0.2, 0) is 11.3 Å². The highest BCUT2D eigenvalue weighted by atomic mass is 16.4. The van der Waals surface area contributed by atoms with Crippen LogP contribution in [0.1, 0.15) is 22.8 Å². The molecule has 0 saturated heterocycles. The molecular weight excluding hydrogens is 430 g/mol. The summed E-state index contributed by atoms with van der Waals surface area (Å²) in [5.41, 5.74) is 4.52.